The second-order valence-electron chi connectivity index (χ2n) is 4.46. The van der Waals surface area contributed by atoms with Crippen molar-refractivity contribution in [1.82, 2.24) is 19.1 Å². The van der Waals surface area contributed by atoms with Crippen LogP contribution in [0.1, 0.15) is 10.5 Å². The van der Waals surface area contributed by atoms with Gasteiger partial charge in [-0.3, -0.25) is 4.79 Å². The Labute approximate surface area is 144 Å². The van der Waals surface area contributed by atoms with E-state index in [-0.39, 0.29) is 21.4 Å². The Hall–Kier alpha value is -1.97. The minimum absolute atomic E-state index is 0.0143. The van der Waals surface area contributed by atoms with Crippen LogP contribution in [0.4, 0.5) is 0 Å². The fourth-order valence-corrected chi connectivity index (χ4v) is 3.59. The van der Waals surface area contributed by atoms with Gasteiger partial charge in [0.1, 0.15) is 10.3 Å². The van der Waals surface area contributed by atoms with Crippen LogP contribution in [0.3, 0.4) is 0 Å². The van der Waals surface area contributed by atoms with Crippen LogP contribution in [0.15, 0.2) is 52.2 Å². The standard InChI is InChI=1S/C13H8BrClN4O3S/c14-10-7-19-6-9(16-12(19)11(15)17-10)13(20)18-23(21,22)8-4-2-1-3-5-8/h1-7H,(H,18,20). The molecule has 0 saturated carbocycles. The van der Waals surface area contributed by atoms with E-state index in [1.165, 1.54) is 22.7 Å². The number of sulfonamides is 1. The van der Waals surface area contributed by atoms with Crippen LogP contribution in [-0.2, 0) is 10.0 Å². The first-order valence-electron chi connectivity index (χ1n) is 6.20. The maximum atomic E-state index is 12.2. The molecule has 0 fully saturated rings. The van der Waals surface area contributed by atoms with Gasteiger partial charge in [-0.15, -0.1) is 0 Å². The van der Waals surface area contributed by atoms with E-state index in [9.17, 15) is 13.2 Å². The second kappa shape index (κ2) is 5.91. The van der Waals surface area contributed by atoms with Crippen molar-refractivity contribution in [2.45, 2.75) is 4.90 Å². The molecular weight excluding hydrogens is 408 g/mol. The fourth-order valence-electron chi connectivity index (χ4n) is 1.87. The predicted molar refractivity (Wildman–Crippen MR) is 86.8 cm³/mol. The number of carbonyl (C=O) groups is 1. The van der Waals surface area contributed by atoms with Gasteiger partial charge in [0.2, 0.25) is 0 Å². The molecule has 0 spiro atoms. The van der Waals surface area contributed by atoms with Gasteiger partial charge in [0.25, 0.3) is 15.9 Å². The molecular formula is C13H8BrClN4O3S. The molecule has 0 aliphatic heterocycles. The summed E-state index contributed by atoms with van der Waals surface area (Å²) in [5, 5.41) is 0.0874. The zero-order chi connectivity index (χ0) is 16.6. The fraction of sp³-hybridized carbons (Fsp3) is 0. The molecule has 0 unspecified atom stereocenters. The molecule has 118 valence electrons. The summed E-state index contributed by atoms with van der Waals surface area (Å²) >= 11 is 9.10. The normalized spacial score (nSPS) is 11.6. The van der Waals surface area contributed by atoms with E-state index in [1.807, 2.05) is 4.72 Å². The molecule has 1 N–H and O–H groups in total. The highest BCUT2D eigenvalue weighted by atomic mass is 79.9. The van der Waals surface area contributed by atoms with Crippen LogP contribution in [0.2, 0.25) is 5.15 Å². The van der Waals surface area contributed by atoms with Crippen molar-refractivity contribution in [3.05, 3.63) is 58.2 Å². The molecule has 2 heterocycles. The van der Waals surface area contributed by atoms with Crippen molar-refractivity contribution in [1.29, 1.82) is 0 Å². The number of fused-ring (bicyclic) bond motifs is 1. The highest BCUT2D eigenvalue weighted by Gasteiger charge is 2.21. The molecule has 0 aliphatic rings. The van der Waals surface area contributed by atoms with E-state index in [0.717, 1.165) is 0 Å². The van der Waals surface area contributed by atoms with Crippen molar-refractivity contribution in [3.63, 3.8) is 0 Å². The van der Waals surface area contributed by atoms with Crippen molar-refractivity contribution in [2.24, 2.45) is 0 Å². The average Bonchev–Trinajstić information content (AvgIpc) is 2.92. The molecule has 7 nitrogen and oxygen atoms in total. The molecule has 0 bridgehead atoms. The highest BCUT2D eigenvalue weighted by Crippen LogP contribution is 2.18. The van der Waals surface area contributed by atoms with Gasteiger partial charge >= 0.3 is 0 Å². The maximum absolute atomic E-state index is 12.2. The minimum Gasteiger partial charge on any atom is -0.301 e. The van der Waals surface area contributed by atoms with Crippen molar-refractivity contribution >= 4 is 49.1 Å². The first-order valence-corrected chi connectivity index (χ1v) is 8.85. The van der Waals surface area contributed by atoms with Gasteiger partial charge in [0, 0.05) is 12.4 Å². The topological polar surface area (TPSA) is 93.4 Å². The van der Waals surface area contributed by atoms with Gasteiger partial charge in [-0.1, -0.05) is 29.8 Å². The Morgan fingerprint density at radius 3 is 2.57 bits per heavy atom. The van der Waals surface area contributed by atoms with E-state index < -0.39 is 15.9 Å². The first kappa shape index (κ1) is 15.9. The van der Waals surface area contributed by atoms with Gasteiger partial charge < -0.3 is 4.40 Å². The zero-order valence-corrected chi connectivity index (χ0v) is 14.4. The molecule has 0 saturated heterocycles. The number of carbonyl (C=O) groups excluding carboxylic acids is 1. The second-order valence-corrected chi connectivity index (χ2v) is 7.31. The van der Waals surface area contributed by atoms with Gasteiger partial charge in [-0.25, -0.2) is 23.1 Å². The van der Waals surface area contributed by atoms with E-state index in [0.29, 0.717) is 4.60 Å². The van der Waals surface area contributed by atoms with E-state index in [4.69, 9.17) is 11.6 Å². The molecule has 23 heavy (non-hydrogen) atoms. The highest BCUT2D eigenvalue weighted by molar-refractivity contribution is 9.10. The largest absolute Gasteiger partial charge is 0.301 e. The molecule has 10 heteroatoms. The number of rotatable bonds is 3. The average molecular weight is 416 g/mol. The van der Waals surface area contributed by atoms with Crippen LogP contribution in [0.25, 0.3) is 5.65 Å². The smallest absolute Gasteiger partial charge is 0.285 e. The lowest BCUT2D eigenvalue weighted by atomic mass is 10.4. The van der Waals surface area contributed by atoms with E-state index >= 15 is 0 Å². The molecule has 0 aliphatic carbocycles. The molecule has 2 aromatic heterocycles. The van der Waals surface area contributed by atoms with Crippen molar-refractivity contribution < 1.29 is 13.2 Å². The summed E-state index contributed by atoms with van der Waals surface area (Å²) in [6.07, 6.45) is 2.92. The quantitative estimate of drug-likeness (QED) is 0.708. The number of nitrogens with zero attached hydrogens (tertiary/aromatic N) is 3. The molecule has 1 aromatic carbocycles. The third-order valence-corrected chi connectivity index (χ3v) is 4.86. The summed E-state index contributed by atoms with van der Waals surface area (Å²) in [6.45, 7) is 0. The third-order valence-electron chi connectivity index (χ3n) is 2.88. The SMILES string of the molecule is O=C(NS(=O)(=O)c1ccccc1)c1cn2cc(Br)nc(Cl)c2n1. The Balaban J connectivity index is 1.94. The lowest BCUT2D eigenvalue weighted by Gasteiger charge is -2.04. The summed E-state index contributed by atoms with van der Waals surface area (Å²) in [7, 11) is -3.97. The van der Waals surface area contributed by atoms with Crippen LogP contribution in [0, 0.1) is 0 Å². The van der Waals surface area contributed by atoms with E-state index in [1.54, 1.807) is 24.4 Å². The number of benzene rings is 1. The Bertz CT molecular complexity index is 1000. The van der Waals surface area contributed by atoms with Gasteiger partial charge in [0.05, 0.1) is 4.90 Å². The molecule has 1 amide bonds. The summed E-state index contributed by atoms with van der Waals surface area (Å²) in [5.41, 5.74) is 0.156. The molecule has 3 rings (SSSR count). The monoisotopic (exact) mass is 414 g/mol. The van der Waals surface area contributed by atoms with Crippen LogP contribution in [0.5, 0.6) is 0 Å². The number of amides is 1. The minimum atomic E-state index is -3.97. The van der Waals surface area contributed by atoms with Crippen LogP contribution in [-0.4, -0.2) is 28.7 Å². The lowest BCUT2D eigenvalue weighted by Crippen LogP contribution is -2.30. The number of halogens is 2. The molecule has 0 radical (unpaired) electrons. The third kappa shape index (κ3) is 3.21. The summed E-state index contributed by atoms with van der Waals surface area (Å²) < 4.78 is 28.2. The Kier molecular flexibility index (Phi) is 4.09. The van der Waals surface area contributed by atoms with Crippen molar-refractivity contribution in [3.8, 4) is 0 Å². The summed E-state index contributed by atoms with van der Waals surface area (Å²) in [5.74, 6) is -0.857. The number of imidazole rings is 1. The number of hydrogen-bond donors (Lipinski definition) is 1. The van der Waals surface area contributed by atoms with Gasteiger partial charge in [-0.05, 0) is 28.1 Å². The lowest BCUT2D eigenvalue weighted by molar-refractivity contribution is 0.0977. The first-order chi connectivity index (χ1) is 10.9. The summed E-state index contributed by atoms with van der Waals surface area (Å²) in [6, 6.07) is 7.57. The Morgan fingerprint density at radius 2 is 1.87 bits per heavy atom. The van der Waals surface area contributed by atoms with E-state index in [2.05, 4.69) is 25.9 Å². The number of nitrogens with one attached hydrogen (secondary N) is 1. The summed E-state index contributed by atoms with van der Waals surface area (Å²) in [4.78, 5) is 20.1. The zero-order valence-electron chi connectivity index (χ0n) is 11.3. The number of hydrogen-bond acceptors (Lipinski definition) is 5. The van der Waals surface area contributed by atoms with Crippen LogP contribution < -0.4 is 4.72 Å². The van der Waals surface area contributed by atoms with Gasteiger partial charge in [0.15, 0.2) is 10.8 Å². The maximum Gasteiger partial charge on any atom is 0.285 e. The van der Waals surface area contributed by atoms with Crippen LogP contribution >= 0.6 is 27.5 Å². The predicted octanol–water partition coefficient (Wildman–Crippen LogP) is 2.26. The Morgan fingerprint density at radius 1 is 1.17 bits per heavy atom. The van der Waals surface area contributed by atoms with Gasteiger partial charge in [-0.2, -0.15) is 0 Å². The molecule has 0 atom stereocenters. The molecule has 3 aromatic rings. The van der Waals surface area contributed by atoms with Crippen molar-refractivity contribution in [2.75, 3.05) is 0 Å². The number of aromatic nitrogens is 3.